The smallest absolute Gasteiger partial charge is 0.345 e. The zero-order chi connectivity index (χ0) is 15.3. The average Bonchev–Trinajstić information content (AvgIpc) is 2.52. The van der Waals surface area contributed by atoms with Crippen LogP contribution in [0, 0.1) is 0 Å². The van der Waals surface area contributed by atoms with Gasteiger partial charge in [-0.15, -0.1) is 11.8 Å². The van der Waals surface area contributed by atoms with Gasteiger partial charge < -0.3 is 9.84 Å². The van der Waals surface area contributed by atoms with E-state index in [2.05, 4.69) is 6.92 Å². The molecule has 1 atom stereocenters. The minimum absolute atomic E-state index is 0.411. The number of ether oxygens (including phenoxy) is 1. The van der Waals surface area contributed by atoms with Crippen LogP contribution in [0.15, 0.2) is 30.3 Å². The van der Waals surface area contributed by atoms with Gasteiger partial charge in [0, 0.05) is 5.75 Å². The molecule has 0 heterocycles. The SMILES string of the molecule is CCCCCCCCOC(=O)C(O)SCc1ccccc1. The van der Waals surface area contributed by atoms with Crippen molar-refractivity contribution in [3.8, 4) is 0 Å². The highest BCUT2D eigenvalue weighted by Gasteiger charge is 2.16. The number of carbonyl (C=O) groups excluding carboxylic acids is 1. The van der Waals surface area contributed by atoms with Gasteiger partial charge in [0.2, 0.25) is 0 Å². The number of hydrogen-bond acceptors (Lipinski definition) is 4. The van der Waals surface area contributed by atoms with Gasteiger partial charge in [-0.05, 0) is 12.0 Å². The van der Waals surface area contributed by atoms with Gasteiger partial charge in [0.05, 0.1) is 6.61 Å². The zero-order valence-electron chi connectivity index (χ0n) is 12.8. The van der Waals surface area contributed by atoms with Crippen LogP contribution in [0.4, 0.5) is 0 Å². The summed E-state index contributed by atoms with van der Waals surface area (Å²) in [6, 6.07) is 9.78. The summed E-state index contributed by atoms with van der Waals surface area (Å²) in [6.45, 7) is 2.60. The van der Waals surface area contributed by atoms with E-state index in [0.29, 0.717) is 12.4 Å². The molecular formula is C17H26O3S. The fraction of sp³-hybridized carbons (Fsp3) is 0.588. The summed E-state index contributed by atoms with van der Waals surface area (Å²) in [7, 11) is 0. The van der Waals surface area contributed by atoms with Gasteiger partial charge in [-0.2, -0.15) is 0 Å². The lowest BCUT2D eigenvalue weighted by atomic mass is 10.1. The van der Waals surface area contributed by atoms with Crippen LogP contribution in [0.25, 0.3) is 0 Å². The van der Waals surface area contributed by atoms with Gasteiger partial charge in [-0.1, -0.05) is 69.4 Å². The second-order valence-corrected chi connectivity index (χ2v) is 6.15. The van der Waals surface area contributed by atoms with E-state index in [1.165, 1.54) is 37.4 Å². The first-order chi connectivity index (χ1) is 10.2. The van der Waals surface area contributed by atoms with Crippen LogP contribution < -0.4 is 0 Å². The maximum Gasteiger partial charge on any atom is 0.345 e. The monoisotopic (exact) mass is 310 g/mol. The summed E-state index contributed by atoms with van der Waals surface area (Å²) < 4.78 is 5.09. The molecule has 0 amide bonds. The Labute approximate surface area is 132 Å². The number of hydrogen-bond donors (Lipinski definition) is 1. The molecule has 1 unspecified atom stereocenters. The quantitative estimate of drug-likeness (QED) is 0.379. The lowest BCUT2D eigenvalue weighted by Gasteiger charge is -2.10. The lowest BCUT2D eigenvalue weighted by Crippen LogP contribution is -2.20. The highest BCUT2D eigenvalue weighted by Crippen LogP contribution is 2.17. The Hall–Kier alpha value is -1.00. The van der Waals surface area contributed by atoms with E-state index >= 15 is 0 Å². The molecule has 1 aromatic carbocycles. The second-order valence-electron chi connectivity index (χ2n) is 5.08. The summed E-state index contributed by atoms with van der Waals surface area (Å²) in [4.78, 5) is 11.6. The maximum absolute atomic E-state index is 11.6. The van der Waals surface area contributed by atoms with E-state index in [9.17, 15) is 9.90 Å². The van der Waals surface area contributed by atoms with Gasteiger partial charge in [0.25, 0.3) is 0 Å². The van der Waals surface area contributed by atoms with Crippen molar-refractivity contribution in [1.29, 1.82) is 0 Å². The minimum atomic E-state index is -1.09. The maximum atomic E-state index is 11.6. The van der Waals surface area contributed by atoms with Gasteiger partial charge in [0.1, 0.15) is 0 Å². The fourth-order valence-electron chi connectivity index (χ4n) is 1.94. The highest BCUT2D eigenvalue weighted by atomic mass is 32.2. The van der Waals surface area contributed by atoms with E-state index in [1.807, 2.05) is 30.3 Å². The van der Waals surface area contributed by atoms with Crippen LogP contribution in [0.1, 0.15) is 51.0 Å². The van der Waals surface area contributed by atoms with Crippen molar-refractivity contribution in [2.45, 2.75) is 56.6 Å². The number of thioether (sulfide) groups is 1. The van der Waals surface area contributed by atoms with E-state index < -0.39 is 11.4 Å². The Bertz CT molecular complexity index is 381. The molecule has 0 aliphatic rings. The zero-order valence-corrected chi connectivity index (χ0v) is 13.6. The van der Waals surface area contributed by atoms with Crippen LogP contribution in [0.5, 0.6) is 0 Å². The predicted molar refractivity (Wildman–Crippen MR) is 88.1 cm³/mol. The minimum Gasteiger partial charge on any atom is -0.463 e. The number of aliphatic hydroxyl groups excluding tert-OH is 1. The lowest BCUT2D eigenvalue weighted by molar-refractivity contribution is -0.148. The standard InChI is InChI=1S/C17H26O3S/c1-2-3-4-5-6-10-13-20-16(18)17(19)21-14-15-11-8-7-9-12-15/h7-9,11-12,17,19H,2-6,10,13-14H2,1H3. The molecule has 1 rings (SSSR count). The van der Waals surface area contributed by atoms with Crippen LogP contribution in [-0.4, -0.2) is 23.1 Å². The number of esters is 1. The molecule has 0 spiro atoms. The molecule has 0 bridgehead atoms. The summed E-state index contributed by atoms with van der Waals surface area (Å²) in [5.74, 6) is 0.0817. The van der Waals surface area contributed by atoms with Crippen molar-refractivity contribution < 1.29 is 14.6 Å². The Kier molecular flexibility index (Phi) is 10.0. The highest BCUT2D eigenvalue weighted by molar-refractivity contribution is 7.99. The van der Waals surface area contributed by atoms with Gasteiger partial charge in [-0.3, -0.25) is 0 Å². The van der Waals surface area contributed by atoms with Crippen molar-refractivity contribution >= 4 is 17.7 Å². The third-order valence-corrected chi connectivity index (χ3v) is 4.20. The summed E-state index contributed by atoms with van der Waals surface area (Å²) in [5, 5.41) is 9.74. The summed E-state index contributed by atoms with van der Waals surface area (Å²) >= 11 is 1.19. The topological polar surface area (TPSA) is 46.5 Å². The number of unbranched alkanes of at least 4 members (excludes halogenated alkanes) is 5. The molecule has 0 saturated carbocycles. The van der Waals surface area contributed by atoms with E-state index in [0.717, 1.165) is 18.4 Å². The molecule has 0 aromatic heterocycles. The molecule has 21 heavy (non-hydrogen) atoms. The van der Waals surface area contributed by atoms with Crippen molar-refractivity contribution in [2.24, 2.45) is 0 Å². The second kappa shape index (κ2) is 11.6. The molecule has 118 valence electrons. The molecule has 4 heteroatoms. The largest absolute Gasteiger partial charge is 0.463 e. The molecule has 3 nitrogen and oxygen atoms in total. The van der Waals surface area contributed by atoms with Crippen molar-refractivity contribution in [1.82, 2.24) is 0 Å². The molecule has 0 aliphatic carbocycles. The van der Waals surface area contributed by atoms with Crippen LogP contribution in [-0.2, 0) is 15.3 Å². The third kappa shape index (κ3) is 8.79. The molecule has 0 fully saturated rings. The van der Waals surface area contributed by atoms with E-state index in [-0.39, 0.29) is 0 Å². The van der Waals surface area contributed by atoms with E-state index in [4.69, 9.17) is 4.74 Å². The molecule has 0 saturated heterocycles. The van der Waals surface area contributed by atoms with E-state index in [1.54, 1.807) is 0 Å². The number of aliphatic hydroxyl groups is 1. The van der Waals surface area contributed by atoms with Crippen LogP contribution >= 0.6 is 11.8 Å². The molecule has 1 N–H and O–H groups in total. The van der Waals surface area contributed by atoms with Crippen molar-refractivity contribution in [3.63, 3.8) is 0 Å². The predicted octanol–water partition coefficient (Wildman–Crippen LogP) is 4.14. The summed E-state index contributed by atoms with van der Waals surface area (Å²) in [6.07, 6.45) is 6.91. The van der Waals surface area contributed by atoms with Gasteiger partial charge in [-0.25, -0.2) is 4.79 Å². The molecule has 0 radical (unpaired) electrons. The normalized spacial score (nSPS) is 12.1. The van der Waals surface area contributed by atoms with Gasteiger partial charge >= 0.3 is 5.97 Å². The summed E-state index contributed by atoms with van der Waals surface area (Å²) in [5.41, 5.74) is -0.00410. The first-order valence-electron chi connectivity index (χ1n) is 7.74. The Morgan fingerprint density at radius 1 is 1.14 bits per heavy atom. The number of benzene rings is 1. The first kappa shape index (κ1) is 18.1. The molecule has 0 aliphatic heterocycles. The Morgan fingerprint density at radius 3 is 2.52 bits per heavy atom. The number of carbonyl (C=O) groups is 1. The molecule has 1 aromatic rings. The Balaban J connectivity index is 2.06. The molecular weight excluding hydrogens is 284 g/mol. The van der Waals surface area contributed by atoms with Gasteiger partial charge in [0.15, 0.2) is 5.44 Å². The Morgan fingerprint density at radius 2 is 1.81 bits per heavy atom. The first-order valence-corrected chi connectivity index (χ1v) is 8.79. The average molecular weight is 310 g/mol. The van der Waals surface area contributed by atoms with Crippen LogP contribution in [0.3, 0.4) is 0 Å². The fourth-order valence-corrected chi connectivity index (χ4v) is 2.69. The third-order valence-electron chi connectivity index (χ3n) is 3.19. The van der Waals surface area contributed by atoms with Crippen molar-refractivity contribution in [2.75, 3.05) is 6.61 Å². The van der Waals surface area contributed by atoms with Crippen molar-refractivity contribution in [3.05, 3.63) is 35.9 Å². The van der Waals surface area contributed by atoms with Crippen LogP contribution in [0.2, 0.25) is 0 Å². The number of rotatable bonds is 11.